The molecule has 0 aromatic heterocycles. The average Bonchev–Trinajstić information content (AvgIpc) is 4.14. The minimum absolute atomic E-state index is 0.269. The minimum Gasteiger partial charge on any atom is -0.311 e. The van der Waals surface area contributed by atoms with Crippen molar-refractivity contribution in [2.75, 3.05) is 62.2 Å². The molecule has 10 rings (SSSR count). The molecular formula is C48H54Cl2N4O2. The van der Waals surface area contributed by atoms with E-state index in [0.717, 1.165) is 73.3 Å². The van der Waals surface area contributed by atoms with E-state index < -0.39 is 0 Å². The summed E-state index contributed by atoms with van der Waals surface area (Å²) < 4.78 is 0. The van der Waals surface area contributed by atoms with Crippen molar-refractivity contribution in [3.8, 4) is 0 Å². The molecule has 2 aliphatic carbocycles. The van der Waals surface area contributed by atoms with Gasteiger partial charge in [-0.25, -0.2) is 0 Å². The fraction of sp³-hybridized carbons (Fsp3) is 0.458. The Morgan fingerprint density at radius 1 is 0.482 bits per heavy atom. The van der Waals surface area contributed by atoms with E-state index in [1.54, 1.807) is 0 Å². The summed E-state index contributed by atoms with van der Waals surface area (Å²) in [4.78, 5) is 36.4. The summed E-state index contributed by atoms with van der Waals surface area (Å²) in [6, 6.07) is 32.9. The summed E-state index contributed by atoms with van der Waals surface area (Å²) in [5.74, 6) is 1.13. The molecule has 4 heterocycles. The number of halogens is 2. The molecule has 4 atom stereocenters. The number of nitrogens with zero attached hydrogens (tertiary/aromatic N) is 4. The van der Waals surface area contributed by atoms with E-state index in [9.17, 15) is 9.59 Å². The minimum atomic E-state index is -0.352. The molecule has 2 amide bonds. The van der Waals surface area contributed by atoms with E-state index in [0.29, 0.717) is 11.8 Å². The third-order valence-electron chi connectivity index (χ3n) is 13.7. The number of likely N-dealkylation sites (tertiary alicyclic amines) is 2. The molecule has 4 fully saturated rings. The van der Waals surface area contributed by atoms with Crippen molar-refractivity contribution in [1.82, 2.24) is 9.80 Å². The average molecular weight is 790 g/mol. The predicted molar refractivity (Wildman–Crippen MR) is 228 cm³/mol. The normalized spacial score (nSPS) is 26.7. The van der Waals surface area contributed by atoms with Crippen LogP contribution in [0.3, 0.4) is 0 Å². The number of fused-ring (bicyclic) bond motifs is 4. The topological polar surface area (TPSA) is 47.1 Å². The number of carbonyl (C=O) groups is 2. The molecule has 6 aliphatic rings. The lowest BCUT2D eigenvalue weighted by molar-refractivity contribution is -0.121. The van der Waals surface area contributed by atoms with Gasteiger partial charge in [-0.1, -0.05) is 96.7 Å². The SMILES string of the molecule is O=C1N(CCCN2CCCCC2)c2ccccc2[C@@]12C[C@@H]2c1ccc(Cl)cc1.O=C1N(CCCN2CCCCC2)c2ccccc2[C@]12C[C@H]2c1ccc(Cl)cc1. The summed E-state index contributed by atoms with van der Waals surface area (Å²) in [5.41, 5.74) is 6.44. The number of para-hydroxylation sites is 2. The molecule has 2 saturated heterocycles. The van der Waals surface area contributed by atoms with Gasteiger partial charge < -0.3 is 19.6 Å². The molecule has 0 unspecified atom stereocenters. The number of anilines is 2. The Balaban J connectivity index is 0.000000146. The van der Waals surface area contributed by atoms with Gasteiger partial charge in [0.25, 0.3) is 0 Å². The number of hydrogen-bond acceptors (Lipinski definition) is 4. The molecule has 4 aliphatic heterocycles. The van der Waals surface area contributed by atoms with Crippen LogP contribution in [-0.2, 0) is 20.4 Å². The highest BCUT2D eigenvalue weighted by Crippen LogP contribution is 2.67. The number of hydrogen-bond donors (Lipinski definition) is 0. The van der Waals surface area contributed by atoms with Crippen LogP contribution in [-0.4, -0.2) is 74.0 Å². The van der Waals surface area contributed by atoms with Gasteiger partial charge in [-0.2, -0.15) is 0 Å². The smallest absolute Gasteiger partial charge is 0.238 e. The van der Waals surface area contributed by atoms with E-state index >= 15 is 0 Å². The van der Waals surface area contributed by atoms with Crippen molar-refractivity contribution >= 4 is 46.4 Å². The van der Waals surface area contributed by atoms with E-state index in [1.165, 1.54) is 87.0 Å². The Hall–Kier alpha value is -3.68. The number of rotatable bonds is 10. The fourth-order valence-electron chi connectivity index (χ4n) is 10.6. The van der Waals surface area contributed by atoms with Crippen LogP contribution in [0.4, 0.5) is 11.4 Å². The summed E-state index contributed by atoms with van der Waals surface area (Å²) in [7, 11) is 0. The number of carbonyl (C=O) groups excluding carboxylic acids is 2. The van der Waals surface area contributed by atoms with E-state index in [-0.39, 0.29) is 22.7 Å². The van der Waals surface area contributed by atoms with Crippen LogP contribution in [0.1, 0.15) is 98.3 Å². The van der Waals surface area contributed by atoms with Gasteiger partial charge in [-0.15, -0.1) is 0 Å². The molecule has 2 spiro atoms. The van der Waals surface area contributed by atoms with Gasteiger partial charge in [0.15, 0.2) is 0 Å². The van der Waals surface area contributed by atoms with Crippen molar-refractivity contribution in [3.05, 3.63) is 129 Å². The zero-order valence-corrected chi connectivity index (χ0v) is 34.0. The molecule has 292 valence electrons. The third-order valence-corrected chi connectivity index (χ3v) is 14.2. The Morgan fingerprint density at radius 2 is 0.857 bits per heavy atom. The highest BCUT2D eigenvalue weighted by atomic mass is 35.5. The number of benzene rings is 4. The van der Waals surface area contributed by atoms with Crippen LogP contribution in [0, 0.1) is 0 Å². The van der Waals surface area contributed by atoms with E-state index in [1.807, 2.05) is 24.3 Å². The Morgan fingerprint density at radius 3 is 1.25 bits per heavy atom. The fourth-order valence-corrected chi connectivity index (χ4v) is 10.9. The van der Waals surface area contributed by atoms with Crippen LogP contribution in [0.15, 0.2) is 97.1 Å². The van der Waals surface area contributed by atoms with E-state index in [2.05, 4.69) is 92.4 Å². The van der Waals surface area contributed by atoms with Crippen LogP contribution >= 0.6 is 23.2 Å². The lowest BCUT2D eigenvalue weighted by atomic mass is 9.92. The van der Waals surface area contributed by atoms with Gasteiger partial charge in [0.05, 0.1) is 10.8 Å². The number of piperidine rings is 2. The molecule has 0 radical (unpaired) electrons. The first-order chi connectivity index (χ1) is 27.4. The van der Waals surface area contributed by atoms with Crippen molar-refractivity contribution in [1.29, 1.82) is 0 Å². The van der Waals surface area contributed by atoms with Crippen LogP contribution in [0.25, 0.3) is 0 Å². The quantitative estimate of drug-likeness (QED) is 0.161. The van der Waals surface area contributed by atoms with Crippen molar-refractivity contribution in [3.63, 3.8) is 0 Å². The summed E-state index contributed by atoms with van der Waals surface area (Å²) >= 11 is 12.1. The molecule has 8 heteroatoms. The van der Waals surface area contributed by atoms with Crippen LogP contribution < -0.4 is 9.80 Å². The molecule has 0 N–H and O–H groups in total. The highest BCUT2D eigenvalue weighted by molar-refractivity contribution is 6.30. The summed E-state index contributed by atoms with van der Waals surface area (Å²) in [6.45, 7) is 8.70. The Labute approximate surface area is 342 Å². The molecule has 2 saturated carbocycles. The first kappa shape index (κ1) is 37.9. The molecule has 4 aromatic carbocycles. The molecule has 56 heavy (non-hydrogen) atoms. The second-order valence-electron chi connectivity index (χ2n) is 17.0. The summed E-state index contributed by atoms with van der Waals surface area (Å²) in [5, 5.41) is 1.49. The first-order valence-electron chi connectivity index (χ1n) is 21.2. The monoisotopic (exact) mass is 788 g/mol. The maximum absolute atomic E-state index is 13.6. The van der Waals surface area contributed by atoms with E-state index in [4.69, 9.17) is 23.2 Å². The summed E-state index contributed by atoms with van der Waals surface area (Å²) in [6.07, 6.45) is 11.9. The zero-order valence-electron chi connectivity index (χ0n) is 32.5. The van der Waals surface area contributed by atoms with Gasteiger partial charge in [-0.05, 0) is 149 Å². The maximum atomic E-state index is 13.6. The Kier molecular flexibility index (Phi) is 10.8. The predicted octanol–water partition coefficient (Wildman–Crippen LogP) is 9.98. The highest BCUT2D eigenvalue weighted by Gasteiger charge is 2.68. The molecule has 0 bridgehead atoms. The van der Waals surface area contributed by atoms with Crippen molar-refractivity contribution in [2.24, 2.45) is 0 Å². The van der Waals surface area contributed by atoms with Gasteiger partial charge in [0, 0.05) is 46.3 Å². The lowest BCUT2D eigenvalue weighted by Gasteiger charge is -2.27. The molecular weight excluding hydrogens is 735 g/mol. The second-order valence-corrected chi connectivity index (χ2v) is 17.9. The largest absolute Gasteiger partial charge is 0.311 e. The van der Waals surface area contributed by atoms with Crippen LogP contribution in [0.2, 0.25) is 10.0 Å². The van der Waals surface area contributed by atoms with Crippen molar-refractivity contribution in [2.45, 2.75) is 86.9 Å². The van der Waals surface area contributed by atoms with Gasteiger partial charge in [-0.3, -0.25) is 9.59 Å². The van der Waals surface area contributed by atoms with Gasteiger partial charge in [0.1, 0.15) is 0 Å². The standard InChI is InChI=1S/2C24H27ClN2O/c2*25-19-11-9-18(10-12-19)21-17-24(21)20-7-2-3-8-22(20)27(23(24)28)16-6-15-26-13-4-1-5-14-26/h2*2-3,7-12,21H,1,4-6,13-17H2/t2*21-,24-/m10/s1. The third kappa shape index (κ3) is 6.99. The second kappa shape index (κ2) is 15.9. The van der Waals surface area contributed by atoms with Gasteiger partial charge in [0.2, 0.25) is 11.8 Å². The zero-order chi connectivity index (χ0) is 38.3. The molecule has 4 aromatic rings. The van der Waals surface area contributed by atoms with Crippen molar-refractivity contribution < 1.29 is 9.59 Å². The molecule has 6 nitrogen and oxygen atoms in total. The van der Waals surface area contributed by atoms with Gasteiger partial charge >= 0.3 is 0 Å². The number of amides is 2. The Bertz CT molecular complexity index is 1900. The lowest BCUT2D eigenvalue weighted by Crippen LogP contribution is -2.36. The first-order valence-corrected chi connectivity index (χ1v) is 21.9. The maximum Gasteiger partial charge on any atom is 0.238 e. The van der Waals surface area contributed by atoms with Crippen LogP contribution in [0.5, 0.6) is 0 Å².